The average Bonchev–Trinajstić information content (AvgIpc) is 2.63. The quantitative estimate of drug-likeness (QED) is 0.836. The second kappa shape index (κ2) is 8.10. The van der Waals surface area contributed by atoms with Gasteiger partial charge in [0, 0.05) is 11.7 Å². The minimum Gasteiger partial charge on any atom is -0.366 e. The number of anilines is 2. The van der Waals surface area contributed by atoms with Gasteiger partial charge >= 0.3 is 0 Å². The van der Waals surface area contributed by atoms with Crippen LogP contribution in [0, 0.1) is 0 Å². The van der Waals surface area contributed by atoms with Crippen LogP contribution in [0.3, 0.4) is 0 Å². The van der Waals surface area contributed by atoms with E-state index in [1.807, 2.05) is 30.3 Å². The van der Waals surface area contributed by atoms with Crippen molar-refractivity contribution in [3.8, 4) is 0 Å². The zero-order valence-corrected chi connectivity index (χ0v) is 15.0. The molecule has 5 nitrogen and oxygen atoms in total. The Bertz CT molecular complexity index is 706. The molecular formula is C20H26N4O. The maximum absolute atomic E-state index is 12.5. The maximum atomic E-state index is 12.5. The lowest BCUT2D eigenvalue weighted by Gasteiger charge is -2.22. The van der Waals surface area contributed by atoms with Gasteiger partial charge in [0.15, 0.2) is 5.69 Å². The molecule has 0 radical (unpaired) electrons. The summed E-state index contributed by atoms with van der Waals surface area (Å²) in [6.07, 6.45) is 6.20. The molecule has 0 unspecified atom stereocenters. The Hall–Kier alpha value is -2.43. The Labute approximate surface area is 149 Å². The molecule has 1 heterocycles. The molecule has 0 saturated heterocycles. The number of amides is 1. The third kappa shape index (κ3) is 4.56. The smallest absolute Gasteiger partial charge is 0.276 e. The van der Waals surface area contributed by atoms with Crippen LogP contribution >= 0.6 is 0 Å². The fraction of sp³-hybridized carbons (Fsp3) is 0.450. The molecule has 5 heteroatoms. The monoisotopic (exact) mass is 338 g/mol. The largest absolute Gasteiger partial charge is 0.366 e. The summed E-state index contributed by atoms with van der Waals surface area (Å²) < 4.78 is 0. The van der Waals surface area contributed by atoms with E-state index in [4.69, 9.17) is 0 Å². The molecule has 0 aliphatic heterocycles. The molecule has 0 atom stereocenters. The molecule has 3 rings (SSSR count). The van der Waals surface area contributed by atoms with Crippen LogP contribution in [0.4, 0.5) is 11.5 Å². The zero-order valence-electron chi connectivity index (χ0n) is 15.0. The van der Waals surface area contributed by atoms with Crippen molar-refractivity contribution in [2.45, 2.75) is 57.9 Å². The Balaban J connectivity index is 1.65. The summed E-state index contributed by atoms with van der Waals surface area (Å²) in [5.41, 5.74) is 2.26. The number of nitrogens with one attached hydrogen (secondary N) is 2. The Morgan fingerprint density at radius 3 is 2.48 bits per heavy atom. The van der Waals surface area contributed by atoms with Crippen molar-refractivity contribution in [2.24, 2.45) is 0 Å². The van der Waals surface area contributed by atoms with E-state index in [1.54, 1.807) is 6.07 Å². The van der Waals surface area contributed by atoms with Crippen molar-refractivity contribution in [3.63, 3.8) is 0 Å². The van der Waals surface area contributed by atoms with Gasteiger partial charge in [-0.25, -0.2) is 0 Å². The van der Waals surface area contributed by atoms with Gasteiger partial charge in [-0.15, -0.1) is 10.2 Å². The highest BCUT2D eigenvalue weighted by atomic mass is 16.1. The normalized spacial score (nSPS) is 15.2. The number of nitrogens with zero attached hydrogens (tertiary/aromatic N) is 2. The van der Waals surface area contributed by atoms with Gasteiger partial charge < -0.3 is 10.6 Å². The SMILES string of the molecule is CC(C)c1ccccc1NC(=O)c1ccc(NC2CCCCC2)nn1. The molecule has 1 aliphatic rings. The fourth-order valence-corrected chi connectivity index (χ4v) is 3.29. The molecule has 1 aromatic heterocycles. The Morgan fingerprint density at radius 2 is 1.80 bits per heavy atom. The van der Waals surface area contributed by atoms with E-state index in [9.17, 15) is 4.79 Å². The van der Waals surface area contributed by atoms with Gasteiger partial charge in [-0.1, -0.05) is 51.3 Å². The standard InChI is InChI=1S/C20H26N4O/c1-14(2)16-10-6-7-11-17(16)22-20(25)18-12-13-19(24-23-18)21-15-8-4-3-5-9-15/h6-7,10-15H,3-5,8-9H2,1-2H3,(H,21,24)(H,22,25). The van der Waals surface area contributed by atoms with Crippen LogP contribution in [0.25, 0.3) is 0 Å². The maximum Gasteiger partial charge on any atom is 0.276 e. The summed E-state index contributed by atoms with van der Waals surface area (Å²) in [5, 5.41) is 14.6. The lowest BCUT2D eigenvalue weighted by atomic mass is 9.95. The van der Waals surface area contributed by atoms with Crippen LogP contribution in [0.1, 0.15) is 67.9 Å². The molecule has 132 valence electrons. The first-order valence-electron chi connectivity index (χ1n) is 9.14. The van der Waals surface area contributed by atoms with Gasteiger partial charge in [0.2, 0.25) is 0 Å². The van der Waals surface area contributed by atoms with Crippen LogP contribution in [0.15, 0.2) is 36.4 Å². The lowest BCUT2D eigenvalue weighted by molar-refractivity contribution is 0.102. The van der Waals surface area contributed by atoms with Crippen molar-refractivity contribution in [3.05, 3.63) is 47.7 Å². The van der Waals surface area contributed by atoms with Crippen LogP contribution in [0.2, 0.25) is 0 Å². The minimum absolute atomic E-state index is 0.232. The van der Waals surface area contributed by atoms with Gasteiger partial charge in [0.25, 0.3) is 5.91 Å². The third-order valence-electron chi connectivity index (χ3n) is 4.69. The summed E-state index contributed by atoms with van der Waals surface area (Å²) in [7, 11) is 0. The summed E-state index contributed by atoms with van der Waals surface area (Å²) in [5.74, 6) is 0.848. The number of rotatable bonds is 5. The van der Waals surface area contributed by atoms with Crippen molar-refractivity contribution >= 4 is 17.4 Å². The Kier molecular flexibility index (Phi) is 5.64. The zero-order chi connectivity index (χ0) is 17.6. The molecule has 1 aromatic carbocycles. The molecule has 1 amide bonds. The van der Waals surface area contributed by atoms with E-state index >= 15 is 0 Å². The molecular weight excluding hydrogens is 312 g/mol. The topological polar surface area (TPSA) is 66.9 Å². The minimum atomic E-state index is -0.232. The van der Waals surface area contributed by atoms with E-state index in [0.717, 1.165) is 17.1 Å². The van der Waals surface area contributed by atoms with Gasteiger partial charge in [-0.3, -0.25) is 4.79 Å². The van der Waals surface area contributed by atoms with Gasteiger partial charge in [0.1, 0.15) is 5.82 Å². The second-order valence-corrected chi connectivity index (χ2v) is 6.98. The summed E-state index contributed by atoms with van der Waals surface area (Å²) in [4.78, 5) is 12.5. The molecule has 25 heavy (non-hydrogen) atoms. The number of hydrogen-bond donors (Lipinski definition) is 2. The highest BCUT2D eigenvalue weighted by Gasteiger charge is 2.15. The number of carbonyl (C=O) groups excluding carboxylic acids is 1. The third-order valence-corrected chi connectivity index (χ3v) is 4.69. The summed E-state index contributed by atoms with van der Waals surface area (Å²) >= 11 is 0. The summed E-state index contributed by atoms with van der Waals surface area (Å²) in [6, 6.07) is 11.9. The van der Waals surface area contributed by atoms with E-state index in [2.05, 4.69) is 34.7 Å². The van der Waals surface area contributed by atoms with Gasteiger partial charge in [-0.2, -0.15) is 0 Å². The fourth-order valence-electron chi connectivity index (χ4n) is 3.29. The van der Waals surface area contributed by atoms with Gasteiger partial charge in [-0.05, 0) is 42.5 Å². The molecule has 2 N–H and O–H groups in total. The van der Waals surface area contributed by atoms with Crippen molar-refractivity contribution in [1.29, 1.82) is 0 Å². The summed E-state index contributed by atoms with van der Waals surface area (Å²) in [6.45, 7) is 4.22. The van der Waals surface area contributed by atoms with Crippen molar-refractivity contribution < 1.29 is 4.79 Å². The number of para-hydroxylation sites is 1. The molecule has 2 aromatic rings. The first-order valence-corrected chi connectivity index (χ1v) is 9.14. The van der Waals surface area contributed by atoms with E-state index in [1.165, 1.54) is 32.1 Å². The molecule has 1 saturated carbocycles. The predicted molar refractivity (Wildman–Crippen MR) is 101 cm³/mol. The van der Waals surface area contributed by atoms with Crippen molar-refractivity contribution in [2.75, 3.05) is 10.6 Å². The number of aromatic nitrogens is 2. The molecule has 0 spiro atoms. The highest BCUT2D eigenvalue weighted by Crippen LogP contribution is 2.24. The Morgan fingerprint density at radius 1 is 1.04 bits per heavy atom. The lowest BCUT2D eigenvalue weighted by Crippen LogP contribution is -2.23. The van der Waals surface area contributed by atoms with Gasteiger partial charge in [0.05, 0.1) is 0 Å². The second-order valence-electron chi connectivity index (χ2n) is 6.98. The van der Waals surface area contributed by atoms with Crippen LogP contribution in [0.5, 0.6) is 0 Å². The molecule has 0 bridgehead atoms. The first-order chi connectivity index (χ1) is 12.1. The van der Waals surface area contributed by atoms with E-state index < -0.39 is 0 Å². The average molecular weight is 338 g/mol. The van der Waals surface area contributed by atoms with Crippen molar-refractivity contribution in [1.82, 2.24) is 10.2 Å². The number of carbonyl (C=O) groups is 1. The van der Waals surface area contributed by atoms with Crippen LogP contribution in [-0.4, -0.2) is 22.1 Å². The van der Waals surface area contributed by atoms with Crippen LogP contribution < -0.4 is 10.6 Å². The number of benzene rings is 1. The number of hydrogen-bond acceptors (Lipinski definition) is 4. The first kappa shape index (κ1) is 17.4. The van der Waals surface area contributed by atoms with E-state index in [0.29, 0.717) is 17.7 Å². The highest BCUT2D eigenvalue weighted by molar-refractivity contribution is 6.03. The molecule has 1 aliphatic carbocycles. The van der Waals surface area contributed by atoms with E-state index in [-0.39, 0.29) is 5.91 Å². The molecule has 1 fully saturated rings. The predicted octanol–water partition coefficient (Wildman–Crippen LogP) is 4.60. The van der Waals surface area contributed by atoms with Crippen LogP contribution in [-0.2, 0) is 0 Å².